The van der Waals surface area contributed by atoms with Crippen LogP contribution >= 0.6 is 11.3 Å². The van der Waals surface area contributed by atoms with E-state index in [0.29, 0.717) is 36.7 Å². The van der Waals surface area contributed by atoms with E-state index in [1.165, 1.54) is 27.8 Å². The van der Waals surface area contributed by atoms with Gasteiger partial charge in [0.1, 0.15) is 5.75 Å². The van der Waals surface area contributed by atoms with E-state index in [1.54, 1.807) is 17.5 Å². The molecule has 31 heavy (non-hydrogen) atoms. The maximum Gasteiger partial charge on any atom is 0.252 e. The molecule has 0 saturated carbocycles. The molecule has 2 aromatic rings. The highest BCUT2D eigenvalue weighted by Gasteiger charge is 2.27. The number of carbonyl (C=O) groups is 2. The average molecular weight is 466 g/mol. The largest absolute Gasteiger partial charge is 0.492 e. The summed E-state index contributed by atoms with van der Waals surface area (Å²) in [5, 5.41) is 8.96. The van der Waals surface area contributed by atoms with Crippen molar-refractivity contribution in [3.63, 3.8) is 0 Å². The number of sulfonamides is 1. The van der Waals surface area contributed by atoms with Crippen LogP contribution < -0.4 is 15.4 Å². The highest BCUT2D eigenvalue weighted by molar-refractivity contribution is 7.89. The van der Waals surface area contributed by atoms with Gasteiger partial charge in [0.15, 0.2) is 0 Å². The molecule has 3 rings (SSSR count). The predicted molar refractivity (Wildman–Crippen MR) is 120 cm³/mol. The number of anilines is 1. The van der Waals surface area contributed by atoms with Crippen molar-refractivity contribution in [3.8, 4) is 5.75 Å². The topological polar surface area (TPSA) is 105 Å². The number of nitrogens with one attached hydrogen (secondary N) is 2. The van der Waals surface area contributed by atoms with Gasteiger partial charge < -0.3 is 15.4 Å². The van der Waals surface area contributed by atoms with Gasteiger partial charge in [-0.1, -0.05) is 6.42 Å². The van der Waals surface area contributed by atoms with Gasteiger partial charge in [0.25, 0.3) is 5.91 Å². The molecule has 168 valence electrons. The Morgan fingerprint density at radius 2 is 1.94 bits per heavy atom. The number of nitrogens with zero attached hydrogens (tertiary/aromatic N) is 1. The molecule has 1 aromatic carbocycles. The van der Waals surface area contributed by atoms with Crippen LogP contribution in [0.2, 0.25) is 0 Å². The third-order valence-corrected chi connectivity index (χ3v) is 7.48. The lowest BCUT2D eigenvalue weighted by molar-refractivity contribution is -0.116. The van der Waals surface area contributed by atoms with Gasteiger partial charge in [-0.15, -0.1) is 0 Å². The smallest absolute Gasteiger partial charge is 0.252 e. The molecular weight excluding hydrogens is 438 g/mol. The van der Waals surface area contributed by atoms with Gasteiger partial charge in [0.2, 0.25) is 15.9 Å². The van der Waals surface area contributed by atoms with E-state index in [9.17, 15) is 18.0 Å². The number of hydrogen-bond acceptors (Lipinski definition) is 6. The molecule has 1 saturated heterocycles. The first kappa shape index (κ1) is 23.2. The summed E-state index contributed by atoms with van der Waals surface area (Å²) in [5.41, 5.74) is 0.855. The average Bonchev–Trinajstić information content (AvgIpc) is 3.31. The summed E-state index contributed by atoms with van der Waals surface area (Å²) >= 11 is 1.42. The monoisotopic (exact) mass is 465 g/mol. The molecule has 0 bridgehead atoms. The minimum atomic E-state index is -3.63. The second-order valence-electron chi connectivity index (χ2n) is 7.12. The van der Waals surface area contributed by atoms with Gasteiger partial charge in [-0.2, -0.15) is 15.6 Å². The Labute approximate surface area is 186 Å². The molecule has 0 unspecified atom stereocenters. The first-order valence-corrected chi connectivity index (χ1v) is 12.7. The standard InChI is InChI=1S/C21H27N3O5S2/c1-2-29-19-7-6-17(31(27,28)24-11-4-3-5-12-24)14-18(19)23-20(25)8-10-22-21(26)16-9-13-30-15-16/h6-7,9,13-15H,2-5,8,10-12H2,1H3,(H,22,26)(H,23,25). The molecule has 2 N–H and O–H groups in total. The summed E-state index contributed by atoms with van der Waals surface area (Å²) < 4.78 is 33.0. The fourth-order valence-electron chi connectivity index (χ4n) is 3.30. The van der Waals surface area contributed by atoms with E-state index in [1.807, 2.05) is 12.3 Å². The zero-order valence-electron chi connectivity index (χ0n) is 17.4. The maximum atomic E-state index is 13.0. The molecule has 2 heterocycles. The minimum absolute atomic E-state index is 0.0462. The van der Waals surface area contributed by atoms with Crippen LogP contribution in [0.5, 0.6) is 5.75 Å². The van der Waals surface area contributed by atoms with Gasteiger partial charge >= 0.3 is 0 Å². The van der Waals surface area contributed by atoms with Gasteiger partial charge in [0.05, 0.1) is 17.2 Å². The van der Waals surface area contributed by atoms with Crippen molar-refractivity contribution in [1.82, 2.24) is 9.62 Å². The van der Waals surface area contributed by atoms with Crippen molar-refractivity contribution in [2.75, 3.05) is 31.6 Å². The van der Waals surface area contributed by atoms with Crippen LogP contribution in [-0.4, -0.2) is 50.8 Å². The first-order valence-electron chi connectivity index (χ1n) is 10.3. The summed E-state index contributed by atoms with van der Waals surface area (Å²) in [6.07, 6.45) is 2.76. The number of carbonyl (C=O) groups excluding carboxylic acids is 2. The summed E-state index contributed by atoms with van der Waals surface area (Å²) in [7, 11) is -3.63. The van der Waals surface area contributed by atoms with Gasteiger partial charge in [-0.05, 0) is 49.4 Å². The number of ether oxygens (including phenoxy) is 1. The number of amides is 2. The van der Waals surface area contributed by atoms with E-state index in [4.69, 9.17) is 4.74 Å². The maximum absolute atomic E-state index is 13.0. The quantitative estimate of drug-likeness (QED) is 0.592. The molecule has 1 aliphatic rings. The second-order valence-corrected chi connectivity index (χ2v) is 9.84. The van der Waals surface area contributed by atoms with Crippen LogP contribution in [-0.2, 0) is 14.8 Å². The van der Waals surface area contributed by atoms with E-state index in [-0.39, 0.29) is 29.7 Å². The molecule has 1 fully saturated rings. The summed E-state index contributed by atoms with van der Waals surface area (Å²) in [6.45, 7) is 3.35. The van der Waals surface area contributed by atoms with Crippen molar-refractivity contribution >= 4 is 38.9 Å². The molecular formula is C21H27N3O5S2. The number of piperidine rings is 1. The molecule has 0 radical (unpaired) electrons. The second kappa shape index (κ2) is 10.7. The lowest BCUT2D eigenvalue weighted by atomic mass is 10.2. The number of thiophene rings is 1. The van der Waals surface area contributed by atoms with Crippen LogP contribution in [0.15, 0.2) is 39.9 Å². The van der Waals surface area contributed by atoms with Gasteiger partial charge in [-0.3, -0.25) is 9.59 Å². The molecule has 1 aliphatic heterocycles. The molecule has 8 nitrogen and oxygen atoms in total. The Balaban J connectivity index is 1.67. The lowest BCUT2D eigenvalue weighted by Gasteiger charge is -2.26. The Morgan fingerprint density at radius 3 is 2.61 bits per heavy atom. The lowest BCUT2D eigenvalue weighted by Crippen LogP contribution is -2.35. The van der Waals surface area contributed by atoms with Crippen molar-refractivity contribution in [1.29, 1.82) is 0 Å². The van der Waals surface area contributed by atoms with E-state index in [0.717, 1.165) is 19.3 Å². The Kier molecular flexibility index (Phi) is 8.05. The van der Waals surface area contributed by atoms with Crippen molar-refractivity contribution < 1.29 is 22.7 Å². The van der Waals surface area contributed by atoms with E-state index >= 15 is 0 Å². The Bertz CT molecular complexity index is 1000. The fourth-order valence-corrected chi connectivity index (χ4v) is 5.48. The van der Waals surface area contributed by atoms with Crippen LogP contribution in [0.1, 0.15) is 43.0 Å². The summed E-state index contributed by atoms with van der Waals surface area (Å²) in [4.78, 5) is 24.5. The minimum Gasteiger partial charge on any atom is -0.492 e. The van der Waals surface area contributed by atoms with Crippen LogP contribution in [0.25, 0.3) is 0 Å². The summed E-state index contributed by atoms with van der Waals surface area (Å²) in [5.74, 6) is -0.187. The summed E-state index contributed by atoms with van der Waals surface area (Å²) in [6, 6.07) is 6.22. The van der Waals surface area contributed by atoms with E-state index in [2.05, 4.69) is 10.6 Å². The van der Waals surface area contributed by atoms with Crippen LogP contribution in [0.4, 0.5) is 5.69 Å². The molecule has 1 aromatic heterocycles. The number of rotatable bonds is 9. The first-order chi connectivity index (χ1) is 14.9. The Morgan fingerprint density at radius 1 is 1.16 bits per heavy atom. The SMILES string of the molecule is CCOc1ccc(S(=O)(=O)N2CCCCC2)cc1NC(=O)CCNC(=O)c1ccsc1. The highest BCUT2D eigenvalue weighted by atomic mass is 32.2. The van der Waals surface area contributed by atoms with Gasteiger partial charge in [-0.25, -0.2) is 8.42 Å². The third-order valence-electron chi connectivity index (χ3n) is 4.90. The van der Waals surface area contributed by atoms with Crippen LogP contribution in [0, 0.1) is 0 Å². The number of benzene rings is 1. The molecule has 0 spiro atoms. The van der Waals surface area contributed by atoms with E-state index < -0.39 is 10.0 Å². The number of hydrogen-bond donors (Lipinski definition) is 2. The zero-order chi connectivity index (χ0) is 22.3. The molecule has 0 atom stereocenters. The zero-order valence-corrected chi connectivity index (χ0v) is 19.1. The molecule has 2 amide bonds. The van der Waals surface area contributed by atoms with Crippen molar-refractivity contribution in [2.45, 2.75) is 37.5 Å². The molecule has 0 aliphatic carbocycles. The molecule has 10 heteroatoms. The third kappa shape index (κ3) is 6.05. The normalized spacial score (nSPS) is 14.7. The highest BCUT2D eigenvalue weighted by Crippen LogP contribution is 2.30. The Hall–Kier alpha value is -2.43. The van der Waals surface area contributed by atoms with Crippen molar-refractivity contribution in [2.24, 2.45) is 0 Å². The fraction of sp³-hybridized carbons (Fsp3) is 0.429. The van der Waals surface area contributed by atoms with Gasteiger partial charge in [0, 0.05) is 37.0 Å². The van der Waals surface area contributed by atoms with Crippen LogP contribution in [0.3, 0.4) is 0 Å². The predicted octanol–water partition coefficient (Wildman–Crippen LogP) is 3.08. The van der Waals surface area contributed by atoms with Crippen molar-refractivity contribution in [3.05, 3.63) is 40.6 Å².